The van der Waals surface area contributed by atoms with E-state index in [1.165, 1.54) is 6.92 Å². The molecule has 1 saturated heterocycles. The van der Waals surface area contributed by atoms with Gasteiger partial charge < -0.3 is 14.8 Å². The first kappa shape index (κ1) is 9.98. The zero-order valence-corrected chi connectivity index (χ0v) is 8.47. The van der Waals surface area contributed by atoms with Gasteiger partial charge >= 0.3 is 0 Å². The summed E-state index contributed by atoms with van der Waals surface area (Å²) in [6, 6.07) is 9.37. The van der Waals surface area contributed by atoms with Crippen LogP contribution in [0.4, 0.5) is 0 Å². The maximum absolute atomic E-state index is 10.9. The minimum absolute atomic E-state index is 0.0193. The molecule has 2 atom stereocenters. The third kappa shape index (κ3) is 2.95. The smallest absolute Gasteiger partial charge is 0.219 e. The van der Waals surface area contributed by atoms with Crippen molar-refractivity contribution in [2.24, 2.45) is 0 Å². The molecular weight excluding hydrogens is 194 g/mol. The van der Waals surface area contributed by atoms with Crippen molar-refractivity contribution in [3.05, 3.63) is 30.3 Å². The predicted octanol–water partition coefficient (Wildman–Crippen LogP) is 0.926. The molecule has 1 heterocycles. The summed E-state index contributed by atoms with van der Waals surface area (Å²) in [4.78, 5) is 10.9. The minimum atomic E-state index is -0.384. The van der Waals surface area contributed by atoms with Crippen LogP contribution < -0.4 is 10.1 Å². The van der Waals surface area contributed by atoms with Gasteiger partial charge in [0.15, 0.2) is 0 Å². The summed E-state index contributed by atoms with van der Waals surface area (Å²) in [6.07, 6.45) is -0.404. The van der Waals surface area contributed by atoms with Crippen molar-refractivity contribution in [3.8, 4) is 5.75 Å². The van der Waals surface area contributed by atoms with Crippen LogP contribution in [0.1, 0.15) is 6.92 Å². The molecule has 0 spiro atoms. The molecule has 1 amide bonds. The number of para-hydroxylation sites is 1. The number of epoxide rings is 1. The number of hydrogen-bond donors (Lipinski definition) is 1. The Balaban J connectivity index is 1.97. The summed E-state index contributed by atoms with van der Waals surface area (Å²) in [7, 11) is 0. The standard InChI is InChI=1S/C11H13NO3/c1-8(13)12-11(10-7-14-10)15-9-5-3-2-4-6-9/h2-6,10-11H,7H2,1H3,(H,12,13). The molecule has 0 aliphatic carbocycles. The van der Waals surface area contributed by atoms with Crippen LogP contribution in [0.5, 0.6) is 5.75 Å². The molecule has 15 heavy (non-hydrogen) atoms. The van der Waals surface area contributed by atoms with Crippen molar-refractivity contribution in [1.82, 2.24) is 5.32 Å². The van der Waals surface area contributed by atoms with E-state index in [2.05, 4.69) is 5.32 Å². The Labute approximate surface area is 88.2 Å². The average Bonchev–Trinajstić information content (AvgIpc) is 3.01. The van der Waals surface area contributed by atoms with Gasteiger partial charge in [0, 0.05) is 6.92 Å². The third-order valence-electron chi connectivity index (χ3n) is 2.05. The lowest BCUT2D eigenvalue weighted by Crippen LogP contribution is -2.41. The fourth-order valence-electron chi connectivity index (χ4n) is 1.27. The van der Waals surface area contributed by atoms with Crippen molar-refractivity contribution >= 4 is 5.91 Å². The number of nitrogens with one attached hydrogen (secondary N) is 1. The fourth-order valence-corrected chi connectivity index (χ4v) is 1.27. The quantitative estimate of drug-likeness (QED) is 0.590. The van der Waals surface area contributed by atoms with Crippen LogP contribution in [-0.4, -0.2) is 24.8 Å². The zero-order valence-electron chi connectivity index (χ0n) is 8.47. The molecule has 0 aromatic heterocycles. The van der Waals surface area contributed by atoms with Crippen molar-refractivity contribution in [2.45, 2.75) is 19.3 Å². The molecule has 1 aliphatic heterocycles. The molecule has 2 rings (SSSR count). The van der Waals surface area contributed by atoms with Gasteiger partial charge in [0.25, 0.3) is 0 Å². The van der Waals surface area contributed by atoms with Crippen LogP contribution in [-0.2, 0) is 9.53 Å². The Bertz CT molecular complexity index is 335. The van der Waals surface area contributed by atoms with E-state index in [1.54, 1.807) is 0 Å². The van der Waals surface area contributed by atoms with Gasteiger partial charge in [-0.1, -0.05) is 18.2 Å². The second-order valence-electron chi connectivity index (χ2n) is 3.42. The normalized spacial score (nSPS) is 20.5. The van der Waals surface area contributed by atoms with Crippen LogP contribution in [0.15, 0.2) is 30.3 Å². The van der Waals surface area contributed by atoms with E-state index >= 15 is 0 Å². The molecule has 80 valence electrons. The van der Waals surface area contributed by atoms with E-state index in [-0.39, 0.29) is 18.2 Å². The van der Waals surface area contributed by atoms with Gasteiger partial charge in [-0.05, 0) is 12.1 Å². The van der Waals surface area contributed by atoms with Gasteiger partial charge in [-0.3, -0.25) is 4.79 Å². The molecule has 1 aromatic carbocycles. The highest BCUT2D eigenvalue weighted by Gasteiger charge is 2.35. The lowest BCUT2D eigenvalue weighted by atomic mass is 10.3. The number of hydrogen-bond acceptors (Lipinski definition) is 3. The molecule has 0 radical (unpaired) electrons. The largest absolute Gasteiger partial charge is 0.468 e. The van der Waals surface area contributed by atoms with Gasteiger partial charge in [-0.2, -0.15) is 0 Å². The highest BCUT2D eigenvalue weighted by molar-refractivity contribution is 5.73. The maximum atomic E-state index is 10.9. The number of carbonyl (C=O) groups is 1. The lowest BCUT2D eigenvalue weighted by molar-refractivity contribution is -0.121. The van der Waals surface area contributed by atoms with Crippen LogP contribution in [0, 0.1) is 0 Å². The van der Waals surface area contributed by atoms with Crippen molar-refractivity contribution in [1.29, 1.82) is 0 Å². The van der Waals surface area contributed by atoms with Gasteiger partial charge in [-0.15, -0.1) is 0 Å². The lowest BCUT2D eigenvalue weighted by Gasteiger charge is -2.17. The molecule has 1 aliphatic rings. The van der Waals surface area contributed by atoms with E-state index in [0.717, 1.165) is 5.75 Å². The first-order valence-corrected chi connectivity index (χ1v) is 4.86. The first-order valence-electron chi connectivity index (χ1n) is 4.86. The Morgan fingerprint density at radius 1 is 1.53 bits per heavy atom. The van der Waals surface area contributed by atoms with Crippen molar-refractivity contribution in [2.75, 3.05) is 6.61 Å². The Morgan fingerprint density at radius 2 is 2.20 bits per heavy atom. The van der Waals surface area contributed by atoms with E-state index in [9.17, 15) is 4.79 Å². The van der Waals surface area contributed by atoms with Crippen LogP contribution in [0.2, 0.25) is 0 Å². The minimum Gasteiger partial charge on any atom is -0.468 e. The molecular formula is C11H13NO3. The molecule has 1 aromatic rings. The van der Waals surface area contributed by atoms with Crippen LogP contribution >= 0.6 is 0 Å². The molecule has 0 saturated carbocycles. The van der Waals surface area contributed by atoms with E-state index < -0.39 is 0 Å². The van der Waals surface area contributed by atoms with Crippen LogP contribution in [0.25, 0.3) is 0 Å². The van der Waals surface area contributed by atoms with Gasteiger partial charge in [-0.25, -0.2) is 0 Å². The van der Waals surface area contributed by atoms with Crippen molar-refractivity contribution in [3.63, 3.8) is 0 Å². The average molecular weight is 207 g/mol. The maximum Gasteiger partial charge on any atom is 0.219 e. The van der Waals surface area contributed by atoms with Gasteiger partial charge in [0.2, 0.25) is 12.1 Å². The van der Waals surface area contributed by atoms with E-state index in [4.69, 9.17) is 9.47 Å². The Morgan fingerprint density at radius 3 is 2.73 bits per heavy atom. The number of carbonyl (C=O) groups excluding carboxylic acids is 1. The van der Waals surface area contributed by atoms with Crippen molar-refractivity contribution < 1.29 is 14.3 Å². The topological polar surface area (TPSA) is 50.9 Å². The summed E-state index contributed by atoms with van der Waals surface area (Å²) >= 11 is 0. The highest BCUT2D eigenvalue weighted by atomic mass is 16.6. The number of benzene rings is 1. The molecule has 1 fully saturated rings. The highest BCUT2D eigenvalue weighted by Crippen LogP contribution is 2.18. The molecule has 1 N–H and O–H groups in total. The van der Waals surface area contributed by atoms with Gasteiger partial charge in [0.1, 0.15) is 11.9 Å². The molecule has 0 bridgehead atoms. The third-order valence-corrected chi connectivity index (χ3v) is 2.05. The van der Waals surface area contributed by atoms with E-state index in [0.29, 0.717) is 6.61 Å². The monoisotopic (exact) mass is 207 g/mol. The second kappa shape index (κ2) is 4.31. The summed E-state index contributed by atoms with van der Waals surface area (Å²) in [6.45, 7) is 2.10. The first-order chi connectivity index (χ1) is 7.25. The molecule has 4 nitrogen and oxygen atoms in total. The Kier molecular flexibility index (Phi) is 2.87. The van der Waals surface area contributed by atoms with Gasteiger partial charge in [0.05, 0.1) is 6.61 Å². The summed E-state index contributed by atoms with van der Waals surface area (Å²) in [5.41, 5.74) is 0. The summed E-state index contributed by atoms with van der Waals surface area (Å²) in [5.74, 6) is 0.609. The predicted molar refractivity (Wildman–Crippen MR) is 54.4 cm³/mol. The Hall–Kier alpha value is -1.55. The second-order valence-corrected chi connectivity index (χ2v) is 3.42. The van der Waals surface area contributed by atoms with Crippen LogP contribution in [0.3, 0.4) is 0 Å². The molecule has 4 heteroatoms. The summed E-state index contributed by atoms with van der Waals surface area (Å²) < 4.78 is 10.7. The molecule has 2 unspecified atom stereocenters. The summed E-state index contributed by atoms with van der Waals surface area (Å²) in [5, 5.41) is 2.70. The van der Waals surface area contributed by atoms with E-state index in [1.807, 2.05) is 30.3 Å². The number of rotatable bonds is 4. The zero-order chi connectivity index (χ0) is 10.7. The number of ether oxygens (including phenoxy) is 2. The SMILES string of the molecule is CC(=O)NC(Oc1ccccc1)C1CO1. The number of amides is 1. The fraction of sp³-hybridized carbons (Fsp3) is 0.364.